The van der Waals surface area contributed by atoms with Crippen LogP contribution in [0.1, 0.15) is 25.7 Å². The highest BCUT2D eigenvalue weighted by molar-refractivity contribution is 7.91. The summed E-state index contributed by atoms with van der Waals surface area (Å²) in [5.41, 5.74) is 0. The number of carbonyl (C=O) groups excluding carboxylic acids is 1. The molecule has 2 rings (SSSR count). The zero-order valence-corrected chi connectivity index (χ0v) is 11.7. The predicted molar refractivity (Wildman–Crippen MR) is 70.0 cm³/mol. The second-order valence-corrected chi connectivity index (χ2v) is 7.77. The first kappa shape index (κ1) is 13.8. The Morgan fingerprint density at radius 1 is 1.39 bits per heavy atom. The van der Waals surface area contributed by atoms with Crippen LogP contribution < -0.4 is 5.32 Å². The van der Waals surface area contributed by atoms with E-state index in [2.05, 4.69) is 5.32 Å². The summed E-state index contributed by atoms with van der Waals surface area (Å²) >= 11 is 0. The molecule has 1 aliphatic heterocycles. The standard InChI is InChI=1S/C12H22N2O3S/c1-14(8-10-3-2-4-10)12(15)7-11-9-18(16,17)6-5-13-11/h10-11,13H,2-9H2,1H3. The lowest BCUT2D eigenvalue weighted by Crippen LogP contribution is -2.48. The normalized spacial score (nSPS) is 27.5. The van der Waals surface area contributed by atoms with E-state index in [9.17, 15) is 13.2 Å². The molecule has 104 valence electrons. The van der Waals surface area contributed by atoms with Crippen molar-refractivity contribution < 1.29 is 13.2 Å². The van der Waals surface area contributed by atoms with Gasteiger partial charge in [-0.1, -0.05) is 6.42 Å². The van der Waals surface area contributed by atoms with Crippen molar-refractivity contribution in [1.29, 1.82) is 0 Å². The maximum atomic E-state index is 12.0. The molecule has 1 saturated heterocycles. The molecule has 5 nitrogen and oxygen atoms in total. The average molecular weight is 274 g/mol. The van der Waals surface area contributed by atoms with E-state index >= 15 is 0 Å². The van der Waals surface area contributed by atoms with Gasteiger partial charge in [0.15, 0.2) is 9.84 Å². The zero-order valence-electron chi connectivity index (χ0n) is 10.9. The molecule has 6 heteroatoms. The van der Waals surface area contributed by atoms with E-state index in [1.807, 2.05) is 7.05 Å². The van der Waals surface area contributed by atoms with Crippen LogP contribution in [0.3, 0.4) is 0 Å². The fourth-order valence-electron chi connectivity index (χ4n) is 2.53. The summed E-state index contributed by atoms with van der Waals surface area (Å²) in [5, 5.41) is 3.12. The minimum absolute atomic E-state index is 0.0523. The third kappa shape index (κ3) is 3.68. The van der Waals surface area contributed by atoms with E-state index in [1.165, 1.54) is 19.3 Å². The SMILES string of the molecule is CN(CC1CCC1)C(=O)CC1CS(=O)(=O)CCN1. The number of sulfone groups is 1. The first-order valence-corrected chi connectivity index (χ1v) is 8.46. The van der Waals surface area contributed by atoms with Crippen molar-refractivity contribution >= 4 is 15.7 Å². The highest BCUT2D eigenvalue weighted by Gasteiger charge is 2.28. The molecule has 2 aliphatic rings. The molecule has 0 aromatic heterocycles. The van der Waals surface area contributed by atoms with E-state index < -0.39 is 9.84 Å². The second kappa shape index (κ2) is 5.57. The van der Waals surface area contributed by atoms with Crippen LogP contribution in [-0.2, 0) is 14.6 Å². The van der Waals surface area contributed by atoms with Crippen LogP contribution in [0.2, 0.25) is 0 Å². The smallest absolute Gasteiger partial charge is 0.223 e. The van der Waals surface area contributed by atoms with Gasteiger partial charge < -0.3 is 10.2 Å². The number of hydrogen-bond donors (Lipinski definition) is 1. The number of nitrogens with one attached hydrogen (secondary N) is 1. The summed E-state index contributed by atoms with van der Waals surface area (Å²) in [6.07, 6.45) is 4.00. The fraction of sp³-hybridized carbons (Fsp3) is 0.917. The topological polar surface area (TPSA) is 66.5 Å². The molecule has 2 fully saturated rings. The number of amides is 1. The summed E-state index contributed by atoms with van der Waals surface area (Å²) in [7, 11) is -1.14. The van der Waals surface area contributed by atoms with Crippen LogP contribution in [0.5, 0.6) is 0 Å². The molecule has 0 bridgehead atoms. The Kier molecular flexibility index (Phi) is 4.27. The van der Waals surface area contributed by atoms with E-state index in [0.29, 0.717) is 18.9 Å². The number of rotatable bonds is 4. The van der Waals surface area contributed by atoms with Crippen molar-refractivity contribution in [2.24, 2.45) is 5.92 Å². The van der Waals surface area contributed by atoms with Crippen LogP contribution in [-0.4, -0.2) is 56.9 Å². The molecule has 0 spiro atoms. The van der Waals surface area contributed by atoms with Crippen LogP contribution in [0, 0.1) is 5.92 Å². The molecule has 1 unspecified atom stereocenters. The van der Waals surface area contributed by atoms with Gasteiger partial charge in [0.05, 0.1) is 11.5 Å². The summed E-state index contributed by atoms with van der Waals surface area (Å²) < 4.78 is 23.0. The molecule has 0 aromatic carbocycles. The largest absolute Gasteiger partial charge is 0.345 e. The Morgan fingerprint density at radius 2 is 2.11 bits per heavy atom. The van der Waals surface area contributed by atoms with Gasteiger partial charge in [-0.25, -0.2) is 8.42 Å². The van der Waals surface area contributed by atoms with Gasteiger partial charge >= 0.3 is 0 Å². The average Bonchev–Trinajstić information content (AvgIpc) is 2.21. The van der Waals surface area contributed by atoms with E-state index in [-0.39, 0.29) is 23.5 Å². The van der Waals surface area contributed by atoms with Gasteiger partial charge in [0, 0.05) is 32.6 Å². The molecule has 1 heterocycles. The van der Waals surface area contributed by atoms with E-state index in [4.69, 9.17) is 0 Å². The first-order chi connectivity index (χ1) is 8.46. The quantitative estimate of drug-likeness (QED) is 0.785. The fourth-order valence-corrected chi connectivity index (χ4v) is 3.97. The molecule has 18 heavy (non-hydrogen) atoms. The van der Waals surface area contributed by atoms with Crippen molar-refractivity contribution in [2.45, 2.75) is 31.7 Å². The first-order valence-electron chi connectivity index (χ1n) is 6.64. The lowest BCUT2D eigenvalue weighted by atomic mass is 9.85. The molecule has 1 aliphatic carbocycles. The minimum atomic E-state index is -2.95. The van der Waals surface area contributed by atoms with Gasteiger partial charge in [-0.3, -0.25) is 4.79 Å². The highest BCUT2D eigenvalue weighted by Crippen LogP contribution is 2.26. The van der Waals surface area contributed by atoms with E-state index in [1.54, 1.807) is 4.90 Å². The molecular weight excluding hydrogens is 252 g/mol. The molecule has 1 N–H and O–H groups in total. The van der Waals surface area contributed by atoms with Gasteiger partial charge in [0.1, 0.15) is 0 Å². The molecule has 1 amide bonds. The Bertz CT molecular complexity index is 404. The van der Waals surface area contributed by atoms with E-state index in [0.717, 1.165) is 6.54 Å². The summed E-state index contributed by atoms with van der Waals surface area (Å²) in [5.74, 6) is 0.990. The number of carbonyl (C=O) groups is 1. The third-order valence-electron chi connectivity index (χ3n) is 3.90. The maximum Gasteiger partial charge on any atom is 0.223 e. The lowest BCUT2D eigenvalue weighted by Gasteiger charge is -2.31. The Balaban J connectivity index is 1.79. The van der Waals surface area contributed by atoms with Crippen LogP contribution >= 0.6 is 0 Å². The minimum Gasteiger partial charge on any atom is -0.345 e. The van der Waals surface area contributed by atoms with Crippen molar-refractivity contribution in [1.82, 2.24) is 10.2 Å². The van der Waals surface area contributed by atoms with Crippen LogP contribution in [0.4, 0.5) is 0 Å². The molecular formula is C12H22N2O3S. The van der Waals surface area contributed by atoms with Crippen LogP contribution in [0.15, 0.2) is 0 Å². The van der Waals surface area contributed by atoms with Crippen molar-refractivity contribution in [3.8, 4) is 0 Å². The van der Waals surface area contributed by atoms with Crippen molar-refractivity contribution in [3.05, 3.63) is 0 Å². The zero-order chi connectivity index (χ0) is 13.2. The third-order valence-corrected chi connectivity index (χ3v) is 5.64. The number of hydrogen-bond acceptors (Lipinski definition) is 4. The van der Waals surface area contributed by atoms with Crippen molar-refractivity contribution in [2.75, 3.05) is 31.6 Å². The summed E-state index contributed by atoms with van der Waals surface area (Å²) in [6, 6.07) is -0.208. The highest BCUT2D eigenvalue weighted by atomic mass is 32.2. The Hall–Kier alpha value is -0.620. The predicted octanol–water partition coefficient (Wildman–Crippen LogP) is 0.0216. The van der Waals surface area contributed by atoms with Gasteiger partial charge in [0.25, 0.3) is 0 Å². The maximum absolute atomic E-state index is 12.0. The lowest BCUT2D eigenvalue weighted by molar-refractivity contribution is -0.131. The molecule has 0 aromatic rings. The Labute approximate surface area is 109 Å². The summed E-state index contributed by atoms with van der Waals surface area (Å²) in [4.78, 5) is 13.7. The number of nitrogens with zero attached hydrogens (tertiary/aromatic N) is 1. The second-order valence-electron chi connectivity index (χ2n) is 5.54. The van der Waals surface area contributed by atoms with Gasteiger partial charge in [-0.2, -0.15) is 0 Å². The molecule has 0 radical (unpaired) electrons. The van der Waals surface area contributed by atoms with Gasteiger partial charge in [0.2, 0.25) is 5.91 Å². The molecule has 1 atom stereocenters. The monoisotopic (exact) mass is 274 g/mol. The van der Waals surface area contributed by atoms with Crippen LogP contribution in [0.25, 0.3) is 0 Å². The van der Waals surface area contributed by atoms with Gasteiger partial charge in [-0.05, 0) is 18.8 Å². The molecule has 1 saturated carbocycles. The van der Waals surface area contributed by atoms with Gasteiger partial charge in [-0.15, -0.1) is 0 Å². The summed E-state index contributed by atoms with van der Waals surface area (Å²) in [6.45, 7) is 1.28. The Morgan fingerprint density at radius 3 is 2.67 bits per heavy atom. The van der Waals surface area contributed by atoms with Crippen molar-refractivity contribution in [3.63, 3.8) is 0 Å².